The van der Waals surface area contributed by atoms with Crippen LogP contribution in [0.5, 0.6) is 11.5 Å². The molecule has 176 valence electrons. The fraction of sp³-hybridized carbons (Fsp3) is 0.120. The molecule has 0 saturated heterocycles. The van der Waals surface area contributed by atoms with Gasteiger partial charge in [0, 0.05) is 35.0 Å². The Kier molecular flexibility index (Phi) is 5.33. The van der Waals surface area contributed by atoms with Crippen molar-refractivity contribution < 1.29 is 24.2 Å². The lowest BCUT2D eigenvalue weighted by atomic mass is 10.1. The first kappa shape index (κ1) is 22.0. The van der Waals surface area contributed by atoms with Crippen LogP contribution < -0.4 is 10.2 Å². The lowest BCUT2D eigenvalue weighted by Gasteiger charge is -2.06. The van der Waals surface area contributed by atoms with Crippen molar-refractivity contribution >= 4 is 17.0 Å². The second-order valence-corrected chi connectivity index (χ2v) is 7.88. The summed E-state index contributed by atoms with van der Waals surface area (Å²) in [7, 11) is 1.56. The fourth-order valence-electron chi connectivity index (χ4n) is 3.97. The van der Waals surface area contributed by atoms with Crippen molar-refractivity contribution in [2.24, 2.45) is 0 Å². The number of benzene rings is 1. The molecule has 0 atom stereocenters. The number of carbonyl (C=O) groups is 1. The average molecular weight is 472 g/mol. The van der Waals surface area contributed by atoms with Crippen LogP contribution in [0.4, 0.5) is 0 Å². The van der Waals surface area contributed by atoms with Crippen LogP contribution in [0.3, 0.4) is 0 Å². The minimum Gasteiger partial charge on any atom is -0.501 e. The first-order valence-corrected chi connectivity index (χ1v) is 10.6. The Hall–Kier alpha value is -4.86. The molecular weight excluding hydrogens is 452 g/mol. The summed E-state index contributed by atoms with van der Waals surface area (Å²) in [5.74, 6) is -0.246. The maximum absolute atomic E-state index is 12.3. The Morgan fingerprint density at radius 1 is 1.23 bits per heavy atom. The Labute approximate surface area is 198 Å². The molecular formula is C25H20N4O6. The van der Waals surface area contributed by atoms with Gasteiger partial charge in [-0.05, 0) is 43.3 Å². The van der Waals surface area contributed by atoms with Gasteiger partial charge in [0.25, 0.3) is 0 Å². The quantitative estimate of drug-likeness (QED) is 0.338. The van der Waals surface area contributed by atoms with Gasteiger partial charge in [0.1, 0.15) is 40.9 Å². The van der Waals surface area contributed by atoms with Gasteiger partial charge in [0.05, 0.1) is 7.11 Å². The van der Waals surface area contributed by atoms with E-state index in [1.54, 1.807) is 56.8 Å². The number of pyridine rings is 1. The van der Waals surface area contributed by atoms with Crippen molar-refractivity contribution in [2.75, 3.05) is 7.11 Å². The zero-order valence-electron chi connectivity index (χ0n) is 18.8. The van der Waals surface area contributed by atoms with Crippen molar-refractivity contribution in [3.63, 3.8) is 0 Å². The monoisotopic (exact) mass is 472 g/mol. The second-order valence-electron chi connectivity index (χ2n) is 7.88. The van der Waals surface area contributed by atoms with Gasteiger partial charge in [-0.1, -0.05) is 0 Å². The molecule has 0 bridgehead atoms. The van der Waals surface area contributed by atoms with Crippen LogP contribution >= 0.6 is 0 Å². The minimum atomic E-state index is -1.01. The number of carboxylic acids is 1. The van der Waals surface area contributed by atoms with Gasteiger partial charge in [-0.25, -0.2) is 9.97 Å². The molecule has 0 amide bonds. The summed E-state index contributed by atoms with van der Waals surface area (Å²) in [4.78, 5) is 35.9. The number of imidazole rings is 1. The number of aryl methyl sites for hydroxylation is 1. The Morgan fingerprint density at radius 2 is 2.00 bits per heavy atom. The largest absolute Gasteiger partial charge is 0.501 e. The molecule has 10 nitrogen and oxygen atoms in total. The molecule has 0 spiro atoms. The zero-order chi connectivity index (χ0) is 24.7. The zero-order valence-corrected chi connectivity index (χ0v) is 18.8. The van der Waals surface area contributed by atoms with Crippen molar-refractivity contribution in [3.05, 3.63) is 70.8 Å². The minimum absolute atomic E-state index is 0.0491. The molecule has 4 aromatic heterocycles. The number of aliphatic carboxylic acids is 1. The summed E-state index contributed by atoms with van der Waals surface area (Å²) in [6.45, 7) is 1.33. The highest BCUT2D eigenvalue weighted by atomic mass is 16.5. The third-order valence-electron chi connectivity index (χ3n) is 5.53. The van der Waals surface area contributed by atoms with Gasteiger partial charge >= 0.3 is 5.97 Å². The standard InChI is InChI=1S/C25H20N4O6/c1-13-10-18(30)22(33)23(35-13)21-20(14-5-7-15(34-2)8-6-14)27-24(28-21)17-11-29(12-19(31)32)25-16(17)4-3-9-26-25/h3-11,33H,12H2,1-2H3,(H,27,28)(H,31,32). The number of fused-ring (bicyclic) bond motifs is 1. The molecule has 0 saturated carbocycles. The van der Waals surface area contributed by atoms with Crippen LogP contribution in [-0.2, 0) is 11.3 Å². The first-order valence-electron chi connectivity index (χ1n) is 10.6. The summed E-state index contributed by atoms with van der Waals surface area (Å²) in [6.07, 6.45) is 3.23. The predicted octanol–water partition coefficient (Wildman–Crippen LogP) is 3.82. The first-order chi connectivity index (χ1) is 16.9. The SMILES string of the molecule is COc1ccc(-c2nc(-c3cn(CC(=O)O)c4ncccc34)[nH]c2-c2oc(C)cc(=O)c2O)cc1. The maximum atomic E-state index is 12.3. The summed E-state index contributed by atoms with van der Waals surface area (Å²) in [5.41, 5.74) is 1.91. The van der Waals surface area contributed by atoms with E-state index in [9.17, 15) is 19.8 Å². The van der Waals surface area contributed by atoms with E-state index < -0.39 is 17.1 Å². The predicted molar refractivity (Wildman–Crippen MR) is 127 cm³/mol. The molecule has 0 unspecified atom stereocenters. The molecule has 4 heterocycles. The van der Waals surface area contributed by atoms with Gasteiger partial charge in [-0.15, -0.1) is 0 Å². The van der Waals surface area contributed by atoms with Gasteiger partial charge in [0.15, 0.2) is 5.76 Å². The number of nitrogens with zero attached hydrogens (tertiary/aromatic N) is 3. The number of methoxy groups -OCH3 is 1. The molecule has 10 heteroatoms. The third-order valence-corrected chi connectivity index (χ3v) is 5.53. The van der Waals surface area contributed by atoms with Gasteiger partial charge in [-0.3, -0.25) is 9.59 Å². The van der Waals surface area contributed by atoms with Gasteiger partial charge in [0.2, 0.25) is 11.2 Å². The number of aromatic amines is 1. The van der Waals surface area contributed by atoms with E-state index >= 15 is 0 Å². The number of aromatic hydroxyl groups is 1. The second kappa shape index (κ2) is 8.49. The molecule has 5 aromatic rings. The van der Waals surface area contributed by atoms with Gasteiger partial charge in [-0.2, -0.15) is 0 Å². The summed E-state index contributed by atoms with van der Waals surface area (Å²) in [6, 6.07) is 11.9. The molecule has 3 N–H and O–H groups in total. The summed E-state index contributed by atoms with van der Waals surface area (Å²) < 4.78 is 12.5. The molecule has 0 aliphatic carbocycles. The highest BCUT2D eigenvalue weighted by molar-refractivity contribution is 5.94. The number of aromatic nitrogens is 4. The number of ether oxygens (including phenoxy) is 1. The molecule has 0 aliphatic heterocycles. The Balaban J connectivity index is 1.77. The van der Waals surface area contributed by atoms with Crippen LogP contribution in [-0.4, -0.2) is 42.8 Å². The average Bonchev–Trinajstić information content (AvgIpc) is 3.43. The van der Waals surface area contributed by atoms with Crippen molar-refractivity contribution in [2.45, 2.75) is 13.5 Å². The smallest absolute Gasteiger partial charge is 0.323 e. The lowest BCUT2D eigenvalue weighted by Crippen LogP contribution is -2.07. The van der Waals surface area contributed by atoms with Crippen LogP contribution in [0.2, 0.25) is 0 Å². The number of carboxylic acid groups (broad SMARTS) is 1. The van der Waals surface area contributed by atoms with Crippen LogP contribution in [0.25, 0.3) is 45.1 Å². The maximum Gasteiger partial charge on any atom is 0.323 e. The molecule has 5 rings (SSSR count). The molecule has 35 heavy (non-hydrogen) atoms. The van der Waals surface area contributed by atoms with Gasteiger partial charge < -0.3 is 28.9 Å². The highest BCUT2D eigenvalue weighted by Gasteiger charge is 2.24. The van der Waals surface area contributed by atoms with Crippen LogP contribution in [0.1, 0.15) is 5.76 Å². The molecule has 0 fully saturated rings. The van der Waals surface area contributed by atoms with Crippen molar-refractivity contribution in [1.82, 2.24) is 19.5 Å². The lowest BCUT2D eigenvalue weighted by molar-refractivity contribution is -0.137. The Bertz CT molecular complexity index is 1630. The molecule has 0 radical (unpaired) electrons. The van der Waals surface area contributed by atoms with E-state index in [2.05, 4.69) is 9.97 Å². The van der Waals surface area contributed by atoms with E-state index in [0.29, 0.717) is 50.9 Å². The number of hydrogen-bond donors (Lipinski definition) is 3. The normalized spacial score (nSPS) is 11.1. The van der Waals surface area contributed by atoms with Crippen LogP contribution in [0.15, 0.2) is 64.1 Å². The highest BCUT2D eigenvalue weighted by Crippen LogP contribution is 2.38. The van der Waals surface area contributed by atoms with Crippen molar-refractivity contribution in [3.8, 4) is 45.6 Å². The number of rotatable bonds is 6. The van der Waals surface area contributed by atoms with E-state index in [4.69, 9.17) is 14.1 Å². The molecule has 1 aromatic carbocycles. The van der Waals surface area contributed by atoms with E-state index in [-0.39, 0.29) is 12.3 Å². The topological polar surface area (TPSA) is 143 Å². The third kappa shape index (κ3) is 3.90. The Morgan fingerprint density at radius 3 is 2.71 bits per heavy atom. The van der Waals surface area contributed by atoms with E-state index in [0.717, 1.165) is 0 Å². The molecule has 0 aliphatic rings. The fourth-order valence-corrected chi connectivity index (χ4v) is 3.97. The van der Waals surface area contributed by atoms with E-state index in [1.165, 1.54) is 10.6 Å². The van der Waals surface area contributed by atoms with Crippen molar-refractivity contribution in [1.29, 1.82) is 0 Å². The van der Waals surface area contributed by atoms with Crippen LogP contribution in [0, 0.1) is 6.92 Å². The number of nitrogens with one attached hydrogen (secondary N) is 1. The summed E-state index contributed by atoms with van der Waals surface area (Å²) >= 11 is 0. The number of hydrogen-bond acceptors (Lipinski definition) is 7. The number of H-pyrrole nitrogens is 1. The van der Waals surface area contributed by atoms with E-state index in [1.807, 2.05) is 6.07 Å². The summed E-state index contributed by atoms with van der Waals surface area (Å²) in [5, 5.41) is 20.5.